The van der Waals surface area contributed by atoms with Gasteiger partial charge in [-0.1, -0.05) is 0 Å². The number of carboxylic acids is 2. The van der Waals surface area contributed by atoms with Gasteiger partial charge in [0.2, 0.25) is 5.91 Å². The zero-order valence-corrected chi connectivity index (χ0v) is 11.1. The number of hydrogen-bond acceptors (Lipinski definition) is 4. The molecule has 1 unspecified atom stereocenters. The third-order valence-electron chi connectivity index (χ3n) is 2.58. The number of hydrogen-bond donors (Lipinski definition) is 4. The van der Waals surface area contributed by atoms with Crippen molar-refractivity contribution in [1.29, 1.82) is 0 Å². The van der Waals surface area contributed by atoms with Crippen LogP contribution in [-0.4, -0.2) is 40.1 Å². The van der Waals surface area contributed by atoms with Gasteiger partial charge in [0.15, 0.2) is 0 Å². The lowest BCUT2D eigenvalue weighted by molar-refractivity contribution is -0.142. The molecular formula is C12H22N2O5. The summed E-state index contributed by atoms with van der Waals surface area (Å²) in [7, 11) is 0. The van der Waals surface area contributed by atoms with Crippen molar-refractivity contribution < 1.29 is 24.6 Å². The lowest BCUT2D eigenvalue weighted by atomic mass is 10.1. The molecule has 0 aromatic carbocycles. The first-order valence-corrected chi connectivity index (χ1v) is 6.32. The Morgan fingerprint density at radius 2 is 1.68 bits per heavy atom. The summed E-state index contributed by atoms with van der Waals surface area (Å²) in [4.78, 5) is 32.7. The van der Waals surface area contributed by atoms with Crippen molar-refractivity contribution in [3.8, 4) is 0 Å². The highest BCUT2D eigenvalue weighted by molar-refractivity contribution is 5.83. The van der Waals surface area contributed by atoms with Crippen molar-refractivity contribution in [2.45, 2.75) is 57.5 Å². The third kappa shape index (κ3) is 10.0. The van der Waals surface area contributed by atoms with E-state index < -0.39 is 18.0 Å². The first-order chi connectivity index (χ1) is 8.82. The molecule has 0 radical (unpaired) electrons. The van der Waals surface area contributed by atoms with E-state index in [1.807, 2.05) is 6.92 Å². The standard InChI is InChI=1S/C12H22N2O5/c1-8(13)4-2-6-10(15)14-9(12(18)19)5-3-7-11(16)17/h8-9H,2-7,13H2,1H3,(H,14,15)(H,16,17)(H,18,19)/t8?,9-/m1/s1. The molecule has 0 bridgehead atoms. The highest BCUT2D eigenvalue weighted by Crippen LogP contribution is 2.04. The minimum atomic E-state index is -1.15. The van der Waals surface area contributed by atoms with Gasteiger partial charge in [-0.3, -0.25) is 9.59 Å². The second-order valence-corrected chi connectivity index (χ2v) is 4.61. The maximum Gasteiger partial charge on any atom is 0.326 e. The predicted molar refractivity (Wildman–Crippen MR) is 68.6 cm³/mol. The van der Waals surface area contributed by atoms with Gasteiger partial charge >= 0.3 is 11.9 Å². The maximum atomic E-state index is 11.5. The van der Waals surface area contributed by atoms with Crippen molar-refractivity contribution in [2.24, 2.45) is 5.73 Å². The first kappa shape index (κ1) is 17.4. The summed E-state index contributed by atoms with van der Waals surface area (Å²) in [5.74, 6) is -2.47. The van der Waals surface area contributed by atoms with Crippen molar-refractivity contribution >= 4 is 17.8 Å². The van der Waals surface area contributed by atoms with Gasteiger partial charge in [0, 0.05) is 18.9 Å². The van der Waals surface area contributed by atoms with Crippen LogP contribution in [0, 0.1) is 0 Å². The number of carbonyl (C=O) groups excluding carboxylic acids is 1. The van der Waals surface area contributed by atoms with E-state index >= 15 is 0 Å². The average Bonchev–Trinajstić information content (AvgIpc) is 2.26. The van der Waals surface area contributed by atoms with Gasteiger partial charge in [-0.15, -0.1) is 0 Å². The number of aliphatic carboxylic acids is 2. The highest BCUT2D eigenvalue weighted by atomic mass is 16.4. The van der Waals surface area contributed by atoms with E-state index in [0.717, 1.165) is 0 Å². The number of carboxylic acid groups (broad SMARTS) is 2. The Morgan fingerprint density at radius 1 is 1.11 bits per heavy atom. The van der Waals surface area contributed by atoms with Crippen LogP contribution >= 0.6 is 0 Å². The van der Waals surface area contributed by atoms with Crippen LogP contribution in [-0.2, 0) is 14.4 Å². The molecule has 0 spiro atoms. The largest absolute Gasteiger partial charge is 0.481 e. The molecule has 1 amide bonds. The Morgan fingerprint density at radius 3 is 2.16 bits per heavy atom. The number of nitrogens with two attached hydrogens (primary N) is 1. The van der Waals surface area contributed by atoms with Crippen LogP contribution in [0.4, 0.5) is 0 Å². The van der Waals surface area contributed by atoms with Crippen molar-refractivity contribution in [3.05, 3.63) is 0 Å². The van der Waals surface area contributed by atoms with Crippen LogP contribution in [0.1, 0.15) is 45.4 Å². The fourth-order valence-corrected chi connectivity index (χ4v) is 1.57. The Bertz CT molecular complexity index is 317. The van der Waals surface area contributed by atoms with Gasteiger partial charge in [0.05, 0.1) is 0 Å². The molecule has 110 valence electrons. The lowest BCUT2D eigenvalue weighted by Gasteiger charge is -2.14. The molecule has 0 saturated carbocycles. The second-order valence-electron chi connectivity index (χ2n) is 4.61. The molecule has 0 fully saturated rings. The van der Waals surface area contributed by atoms with E-state index in [0.29, 0.717) is 12.8 Å². The minimum Gasteiger partial charge on any atom is -0.481 e. The summed E-state index contributed by atoms with van der Waals surface area (Å²) >= 11 is 0. The molecule has 5 N–H and O–H groups in total. The Kier molecular flexibility index (Phi) is 8.52. The molecule has 0 aromatic heterocycles. The topological polar surface area (TPSA) is 130 Å². The lowest BCUT2D eigenvalue weighted by Crippen LogP contribution is -2.40. The Hall–Kier alpha value is -1.63. The summed E-state index contributed by atoms with van der Waals surface area (Å²) in [5, 5.41) is 19.8. The molecule has 0 saturated heterocycles. The maximum absolute atomic E-state index is 11.5. The van der Waals surface area contributed by atoms with Crippen LogP contribution < -0.4 is 11.1 Å². The van der Waals surface area contributed by atoms with E-state index in [-0.39, 0.29) is 37.6 Å². The van der Waals surface area contributed by atoms with Crippen LogP contribution in [0.2, 0.25) is 0 Å². The van der Waals surface area contributed by atoms with Gasteiger partial charge < -0.3 is 21.3 Å². The van der Waals surface area contributed by atoms with E-state index in [4.69, 9.17) is 15.9 Å². The van der Waals surface area contributed by atoms with Gasteiger partial charge in [-0.2, -0.15) is 0 Å². The molecule has 0 aliphatic carbocycles. The molecule has 0 heterocycles. The van der Waals surface area contributed by atoms with E-state index in [9.17, 15) is 14.4 Å². The van der Waals surface area contributed by atoms with E-state index in [1.165, 1.54) is 0 Å². The normalized spacial score (nSPS) is 13.6. The van der Waals surface area contributed by atoms with Crippen LogP contribution in [0.5, 0.6) is 0 Å². The van der Waals surface area contributed by atoms with Crippen molar-refractivity contribution in [3.63, 3.8) is 0 Å². The average molecular weight is 274 g/mol. The summed E-state index contributed by atoms with van der Waals surface area (Å²) < 4.78 is 0. The molecule has 2 atom stereocenters. The van der Waals surface area contributed by atoms with E-state index in [1.54, 1.807) is 0 Å². The quantitative estimate of drug-likeness (QED) is 0.454. The third-order valence-corrected chi connectivity index (χ3v) is 2.58. The minimum absolute atomic E-state index is 0.0126. The molecule has 19 heavy (non-hydrogen) atoms. The molecule has 0 aliphatic rings. The zero-order valence-electron chi connectivity index (χ0n) is 11.1. The van der Waals surface area contributed by atoms with Crippen LogP contribution in [0.15, 0.2) is 0 Å². The highest BCUT2D eigenvalue weighted by Gasteiger charge is 2.19. The second kappa shape index (κ2) is 9.32. The summed E-state index contributed by atoms with van der Waals surface area (Å²) in [5.41, 5.74) is 5.54. The van der Waals surface area contributed by atoms with Gasteiger partial charge in [-0.05, 0) is 32.6 Å². The predicted octanol–water partition coefficient (Wildman–Crippen LogP) is 0.328. The fraction of sp³-hybridized carbons (Fsp3) is 0.750. The summed E-state index contributed by atoms with van der Waals surface area (Å²) in [6.45, 7) is 1.84. The number of carbonyl (C=O) groups is 3. The Labute approximate surface area is 112 Å². The molecule has 7 heteroatoms. The number of rotatable bonds is 10. The van der Waals surface area contributed by atoms with Crippen molar-refractivity contribution in [2.75, 3.05) is 0 Å². The van der Waals surface area contributed by atoms with Gasteiger partial charge in [0.1, 0.15) is 6.04 Å². The molecule has 0 rings (SSSR count). The summed E-state index contributed by atoms with van der Waals surface area (Å²) in [6.07, 6.45) is 1.75. The fourth-order valence-electron chi connectivity index (χ4n) is 1.57. The summed E-state index contributed by atoms with van der Waals surface area (Å²) in [6, 6.07) is -1.01. The SMILES string of the molecule is CC(N)CCCC(=O)N[C@H](CCCC(=O)O)C(=O)O. The first-order valence-electron chi connectivity index (χ1n) is 6.32. The van der Waals surface area contributed by atoms with Crippen molar-refractivity contribution in [1.82, 2.24) is 5.32 Å². The molecular weight excluding hydrogens is 252 g/mol. The van der Waals surface area contributed by atoms with Gasteiger partial charge in [-0.25, -0.2) is 4.79 Å². The van der Waals surface area contributed by atoms with Crippen LogP contribution in [0.3, 0.4) is 0 Å². The molecule has 0 aliphatic heterocycles. The monoisotopic (exact) mass is 274 g/mol. The molecule has 0 aromatic rings. The molecule has 7 nitrogen and oxygen atoms in total. The Balaban J connectivity index is 4.01. The van der Waals surface area contributed by atoms with E-state index in [2.05, 4.69) is 5.32 Å². The zero-order chi connectivity index (χ0) is 14.8. The number of amides is 1. The number of nitrogens with one attached hydrogen (secondary N) is 1. The van der Waals surface area contributed by atoms with Crippen LogP contribution in [0.25, 0.3) is 0 Å². The smallest absolute Gasteiger partial charge is 0.326 e. The van der Waals surface area contributed by atoms with Gasteiger partial charge in [0.25, 0.3) is 0 Å².